The first-order valence-corrected chi connectivity index (χ1v) is 9.47. The molecule has 1 N–H and O–H groups in total. The molecule has 1 aromatic heterocycles. The summed E-state index contributed by atoms with van der Waals surface area (Å²) in [6.07, 6.45) is 1.24. The Balaban J connectivity index is 1.69. The van der Waals surface area contributed by atoms with Crippen LogP contribution in [0.15, 0.2) is 60.8 Å². The van der Waals surface area contributed by atoms with Crippen molar-refractivity contribution in [2.75, 3.05) is 19.5 Å². The van der Waals surface area contributed by atoms with Gasteiger partial charge in [0.25, 0.3) is 5.91 Å². The monoisotopic (exact) mass is 409 g/mol. The van der Waals surface area contributed by atoms with E-state index in [9.17, 15) is 4.79 Å². The number of pyridine rings is 1. The zero-order valence-corrected chi connectivity index (χ0v) is 16.8. The van der Waals surface area contributed by atoms with Crippen LogP contribution in [0, 0.1) is 0 Å². The van der Waals surface area contributed by atoms with E-state index in [2.05, 4.69) is 10.3 Å². The van der Waals surface area contributed by atoms with E-state index in [1.165, 1.54) is 0 Å². The average molecular weight is 410 g/mol. The lowest BCUT2D eigenvalue weighted by atomic mass is 10.2. The molecule has 0 spiro atoms. The third-order valence-electron chi connectivity index (χ3n) is 4.87. The Bertz CT molecular complexity index is 1040. The molecule has 1 aliphatic heterocycles. The van der Waals surface area contributed by atoms with Crippen LogP contribution in [0.2, 0.25) is 5.02 Å². The van der Waals surface area contributed by atoms with Crippen LogP contribution in [0.4, 0.5) is 5.69 Å². The summed E-state index contributed by atoms with van der Waals surface area (Å²) in [4.78, 5) is 19.3. The fraction of sp³-hybridized carbons (Fsp3) is 0.182. The molecule has 1 atom stereocenters. The molecule has 3 aromatic rings. The molecule has 4 rings (SSSR count). The van der Waals surface area contributed by atoms with E-state index < -0.39 is 6.17 Å². The second-order valence-corrected chi connectivity index (χ2v) is 7.05. The van der Waals surface area contributed by atoms with Crippen molar-refractivity contribution < 1.29 is 14.3 Å². The third-order valence-corrected chi connectivity index (χ3v) is 5.10. The number of amides is 1. The summed E-state index contributed by atoms with van der Waals surface area (Å²) in [5, 5.41) is 3.96. The number of halogens is 1. The van der Waals surface area contributed by atoms with Gasteiger partial charge < -0.3 is 19.7 Å². The zero-order chi connectivity index (χ0) is 20.4. The van der Waals surface area contributed by atoms with E-state index in [0.29, 0.717) is 34.3 Å². The van der Waals surface area contributed by atoms with E-state index in [4.69, 9.17) is 21.1 Å². The number of rotatable bonds is 6. The molecule has 0 fully saturated rings. The maximum atomic E-state index is 13.1. The number of anilines is 1. The van der Waals surface area contributed by atoms with Gasteiger partial charge in [0.05, 0.1) is 31.2 Å². The summed E-state index contributed by atoms with van der Waals surface area (Å²) in [7, 11) is 3.22. The first-order chi connectivity index (χ1) is 14.1. The molecule has 0 saturated carbocycles. The number of carbonyl (C=O) groups is 1. The summed E-state index contributed by atoms with van der Waals surface area (Å²) in [6.45, 7) is 0.416. The molecule has 0 radical (unpaired) electrons. The van der Waals surface area contributed by atoms with Crippen molar-refractivity contribution in [3.05, 3.63) is 82.6 Å². The molecule has 0 aliphatic carbocycles. The highest BCUT2D eigenvalue weighted by Crippen LogP contribution is 2.37. The van der Waals surface area contributed by atoms with Gasteiger partial charge in [-0.2, -0.15) is 0 Å². The molecule has 2 aromatic carbocycles. The smallest absolute Gasteiger partial charge is 0.258 e. The summed E-state index contributed by atoms with van der Waals surface area (Å²) >= 11 is 6.18. The van der Waals surface area contributed by atoms with Crippen molar-refractivity contribution in [1.82, 2.24) is 9.88 Å². The number of benzene rings is 2. The molecule has 7 heteroatoms. The highest BCUT2D eigenvalue weighted by atomic mass is 35.5. The van der Waals surface area contributed by atoms with E-state index >= 15 is 0 Å². The molecule has 2 heterocycles. The predicted octanol–water partition coefficient (Wildman–Crippen LogP) is 4.52. The van der Waals surface area contributed by atoms with E-state index in [1.54, 1.807) is 55.6 Å². The van der Waals surface area contributed by atoms with Crippen molar-refractivity contribution in [1.29, 1.82) is 0 Å². The molecule has 148 valence electrons. The van der Waals surface area contributed by atoms with Crippen molar-refractivity contribution >= 4 is 23.2 Å². The minimum Gasteiger partial charge on any atom is -0.497 e. The topological polar surface area (TPSA) is 63.7 Å². The maximum Gasteiger partial charge on any atom is 0.258 e. The lowest BCUT2D eigenvalue weighted by Crippen LogP contribution is -2.32. The minimum absolute atomic E-state index is 0.0811. The Hall–Kier alpha value is -3.25. The molecular formula is C22H20ClN3O3. The van der Waals surface area contributed by atoms with Gasteiger partial charge in [0, 0.05) is 17.8 Å². The first kappa shape index (κ1) is 19.1. The zero-order valence-electron chi connectivity index (χ0n) is 16.1. The Kier molecular flexibility index (Phi) is 5.27. The second kappa shape index (κ2) is 8.01. The number of nitrogens with one attached hydrogen (secondary N) is 1. The van der Waals surface area contributed by atoms with Gasteiger partial charge in [0.2, 0.25) is 0 Å². The van der Waals surface area contributed by atoms with Crippen LogP contribution in [-0.2, 0) is 6.54 Å². The molecule has 0 bridgehead atoms. The summed E-state index contributed by atoms with van der Waals surface area (Å²) < 4.78 is 10.7. The van der Waals surface area contributed by atoms with Crippen LogP contribution in [0.5, 0.6) is 11.5 Å². The van der Waals surface area contributed by atoms with E-state index in [-0.39, 0.29) is 5.91 Å². The number of hydrogen-bond acceptors (Lipinski definition) is 5. The number of hydrogen-bond donors (Lipinski definition) is 1. The number of methoxy groups -OCH3 is 2. The van der Waals surface area contributed by atoms with Crippen molar-refractivity contribution in [2.24, 2.45) is 0 Å². The predicted molar refractivity (Wildman–Crippen MR) is 111 cm³/mol. The van der Waals surface area contributed by atoms with Gasteiger partial charge in [-0.3, -0.25) is 9.78 Å². The molecule has 1 aliphatic rings. The van der Waals surface area contributed by atoms with Crippen LogP contribution in [0.3, 0.4) is 0 Å². The Morgan fingerprint density at radius 2 is 1.90 bits per heavy atom. The molecule has 0 unspecified atom stereocenters. The van der Waals surface area contributed by atoms with Gasteiger partial charge in [0.15, 0.2) is 0 Å². The Labute approximate surface area is 174 Å². The minimum atomic E-state index is -0.451. The molecular weight excluding hydrogens is 390 g/mol. The molecule has 29 heavy (non-hydrogen) atoms. The number of aromatic nitrogens is 1. The molecule has 6 nitrogen and oxygen atoms in total. The first-order valence-electron chi connectivity index (χ1n) is 9.09. The van der Waals surface area contributed by atoms with Crippen LogP contribution in [0.1, 0.15) is 27.8 Å². The van der Waals surface area contributed by atoms with Crippen molar-refractivity contribution in [3.63, 3.8) is 0 Å². The fourth-order valence-electron chi connectivity index (χ4n) is 3.41. The van der Waals surface area contributed by atoms with Gasteiger partial charge in [-0.05, 0) is 48.0 Å². The number of fused-ring (bicyclic) bond motifs is 1. The molecule has 0 saturated heterocycles. The number of carbonyl (C=O) groups excluding carboxylic acids is 1. The summed E-state index contributed by atoms with van der Waals surface area (Å²) in [5.41, 5.74) is 2.93. The maximum absolute atomic E-state index is 13.1. The van der Waals surface area contributed by atoms with Crippen LogP contribution in [-0.4, -0.2) is 30.0 Å². The van der Waals surface area contributed by atoms with E-state index in [0.717, 1.165) is 11.3 Å². The normalized spacial score (nSPS) is 15.2. The van der Waals surface area contributed by atoms with Crippen LogP contribution in [0.25, 0.3) is 0 Å². The van der Waals surface area contributed by atoms with Crippen LogP contribution >= 0.6 is 11.6 Å². The van der Waals surface area contributed by atoms with E-state index in [1.807, 2.05) is 24.3 Å². The average Bonchev–Trinajstić information content (AvgIpc) is 3.00. The summed E-state index contributed by atoms with van der Waals surface area (Å²) in [5.74, 6) is 1.32. The quantitative estimate of drug-likeness (QED) is 0.648. The second-order valence-electron chi connectivity index (χ2n) is 6.61. The lowest BCUT2D eigenvalue weighted by molar-refractivity contribution is 0.0727. The highest BCUT2D eigenvalue weighted by Gasteiger charge is 2.38. The lowest BCUT2D eigenvalue weighted by Gasteiger charge is -2.27. The van der Waals surface area contributed by atoms with Crippen molar-refractivity contribution in [3.8, 4) is 11.5 Å². The fourth-order valence-corrected chi connectivity index (χ4v) is 3.59. The number of nitrogens with zero attached hydrogens (tertiary/aromatic N) is 2. The SMILES string of the molecule is COc1ccc(CN2C(=O)c3cccnc3[C@@H]2Nc2cc(Cl)ccc2OC)cc1. The Morgan fingerprint density at radius 1 is 1.10 bits per heavy atom. The van der Waals surface area contributed by atoms with Crippen molar-refractivity contribution in [2.45, 2.75) is 12.7 Å². The van der Waals surface area contributed by atoms with Gasteiger partial charge in [-0.1, -0.05) is 23.7 Å². The highest BCUT2D eigenvalue weighted by molar-refractivity contribution is 6.30. The Morgan fingerprint density at radius 3 is 2.62 bits per heavy atom. The molecule has 1 amide bonds. The van der Waals surface area contributed by atoms with Gasteiger partial charge in [-0.15, -0.1) is 0 Å². The van der Waals surface area contributed by atoms with Gasteiger partial charge in [-0.25, -0.2) is 0 Å². The van der Waals surface area contributed by atoms with Gasteiger partial charge >= 0.3 is 0 Å². The van der Waals surface area contributed by atoms with Crippen LogP contribution < -0.4 is 14.8 Å². The standard InChI is InChI=1S/C22H20ClN3O3/c1-28-16-8-5-14(6-9-16)13-26-21(20-17(22(26)27)4-3-11-24-20)25-18-12-15(23)7-10-19(18)29-2/h3-12,21,25H,13H2,1-2H3/t21-/m1/s1. The third kappa shape index (κ3) is 3.71. The van der Waals surface area contributed by atoms with Gasteiger partial charge in [0.1, 0.15) is 17.7 Å². The summed E-state index contributed by atoms with van der Waals surface area (Å²) in [6, 6.07) is 16.5. The largest absolute Gasteiger partial charge is 0.497 e. The number of ether oxygens (including phenoxy) is 2.